The molecular formula is C70H48N2O. The second kappa shape index (κ2) is 18.9. The summed E-state index contributed by atoms with van der Waals surface area (Å²) < 4.78 is 7.12. The van der Waals surface area contributed by atoms with Crippen LogP contribution in [0.5, 0.6) is 0 Å². The second-order valence-electron chi connectivity index (χ2n) is 18.4. The van der Waals surface area contributed by atoms with Crippen LogP contribution in [0.1, 0.15) is 0 Å². The van der Waals surface area contributed by atoms with Gasteiger partial charge in [-0.1, -0.05) is 237 Å². The zero-order valence-electron chi connectivity index (χ0n) is 40.0. The average molecular weight is 933 g/mol. The molecule has 3 nitrogen and oxygen atoms in total. The summed E-state index contributed by atoms with van der Waals surface area (Å²) in [6.07, 6.45) is 0. The number of furan rings is 1. The van der Waals surface area contributed by atoms with Crippen molar-refractivity contribution in [3.05, 3.63) is 291 Å². The summed E-state index contributed by atoms with van der Waals surface area (Å²) in [4.78, 5) is 4.93. The average Bonchev–Trinajstić information content (AvgIpc) is 3.87. The summed E-state index contributed by atoms with van der Waals surface area (Å²) in [7, 11) is 0. The highest BCUT2D eigenvalue weighted by molar-refractivity contribution is 6.22. The summed E-state index contributed by atoms with van der Waals surface area (Å²) in [5.41, 5.74) is 19.2. The van der Waals surface area contributed by atoms with Crippen LogP contribution >= 0.6 is 0 Å². The maximum absolute atomic E-state index is 7.12. The van der Waals surface area contributed by atoms with E-state index in [-0.39, 0.29) is 0 Å². The molecule has 0 radical (unpaired) electrons. The number of rotatable bonds is 11. The van der Waals surface area contributed by atoms with Crippen LogP contribution in [0.25, 0.3) is 88.3 Å². The van der Waals surface area contributed by atoms with Crippen LogP contribution in [0, 0.1) is 0 Å². The molecule has 0 fully saturated rings. The highest BCUT2D eigenvalue weighted by atomic mass is 16.3. The van der Waals surface area contributed by atoms with Crippen molar-refractivity contribution < 1.29 is 4.42 Å². The van der Waals surface area contributed by atoms with E-state index >= 15 is 0 Å². The Bertz CT molecular complexity index is 4040. The Kier molecular flexibility index (Phi) is 11.2. The molecule has 0 aliphatic carbocycles. The van der Waals surface area contributed by atoms with Crippen LogP contribution in [-0.4, -0.2) is 0 Å². The minimum Gasteiger partial charge on any atom is -0.455 e. The first-order valence-corrected chi connectivity index (χ1v) is 24.9. The lowest BCUT2D eigenvalue weighted by atomic mass is 9.97. The quantitative estimate of drug-likeness (QED) is 0.129. The lowest BCUT2D eigenvalue weighted by Crippen LogP contribution is -2.18. The van der Waals surface area contributed by atoms with Crippen molar-refractivity contribution in [2.75, 3.05) is 9.80 Å². The lowest BCUT2D eigenvalue weighted by Gasteiger charge is -2.35. The fourth-order valence-electron chi connectivity index (χ4n) is 10.6. The largest absolute Gasteiger partial charge is 0.455 e. The van der Waals surface area contributed by atoms with Crippen molar-refractivity contribution in [1.82, 2.24) is 0 Å². The van der Waals surface area contributed by atoms with Crippen LogP contribution < -0.4 is 9.80 Å². The topological polar surface area (TPSA) is 19.6 Å². The molecule has 0 saturated heterocycles. The van der Waals surface area contributed by atoms with E-state index < -0.39 is 0 Å². The van der Waals surface area contributed by atoms with Gasteiger partial charge in [0.05, 0.1) is 28.1 Å². The molecule has 1 aromatic heterocycles. The van der Waals surface area contributed by atoms with E-state index in [0.29, 0.717) is 0 Å². The minimum absolute atomic E-state index is 0.804. The minimum atomic E-state index is 0.804. The molecule has 344 valence electrons. The van der Waals surface area contributed by atoms with Crippen molar-refractivity contribution in [2.24, 2.45) is 0 Å². The predicted octanol–water partition coefficient (Wildman–Crippen LogP) is 20.0. The van der Waals surface area contributed by atoms with Gasteiger partial charge in [-0.25, -0.2) is 0 Å². The number of hydrogen-bond acceptors (Lipinski definition) is 3. The van der Waals surface area contributed by atoms with Crippen LogP contribution in [0.4, 0.5) is 34.1 Å². The number of benzene rings is 12. The Morgan fingerprint density at radius 1 is 0.247 bits per heavy atom. The van der Waals surface area contributed by atoms with Gasteiger partial charge in [0.25, 0.3) is 0 Å². The van der Waals surface area contributed by atoms with Gasteiger partial charge in [-0.15, -0.1) is 0 Å². The van der Waals surface area contributed by atoms with Gasteiger partial charge in [0.2, 0.25) is 0 Å². The summed E-state index contributed by atoms with van der Waals surface area (Å²) in [6, 6.07) is 105. The van der Waals surface area contributed by atoms with Crippen molar-refractivity contribution in [2.45, 2.75) is 0 Å². The Labute approximate surface area is 425 Å². The molecule has 3 heteroatoms. The maximum atomic E-state index is 7.12. The fourth-order valence-corrected chi connectivity index (χ4v) is 10.6. The first kappa shape index (κ1) is 43.3. The standard InChI is InChI=1S/C70H48N2O/c1-5-19-49(20-6-1)51-33-35-52(36-34-51)54-37-42-58(43-38-54)71(64-31-17-15-28-60(64)55-23-9-3-10-24-55)66-47-48-67-68(63-46-41-57-27-13-14-30-62(57)70(63)73-67)69(66)72(59-44-39-53(40-45-59)50-21-7-2-8-22-50)65-32-18-16-29-61(65)56-25-11-4-12-26-56/h1-48H. The predicted molar refractivity (Wildman–Crippen MR) is 308 cm³/mol. The number of para-hydroxylation sites is 2. The molecular weight excluding hydrogens is 885 g/mol. The number of anilines is 6. The zero-order valence-corrected chi connectivity index (χ0v) is 40.0. The van der Waals surface area contributed by atoms with E-state index in [4.69, 9.17) is 4.42 Å². The fraction of sp³-hybridized carbons (Fsp3) is 0. The first-order chi connectivity index (χ1) is 36.2. The Morgan fingerprint density at radius 2 is 0.644 bits per heavy atom. The third-order valence-corrected chi connectivity index (χ3v) is 14.1. The van der Waals surface area contributed by atoms with Gasteiger partial charge in [0, 0.05) is 33.3 Å². The lowest BCUT2D eigenvalue weighted by molar-refractivity contribution is 0.672. The highest BCUT2D eigenvalue weighted by Crippen LogP contribution is 2.54. The van der Waals surface area contributed by atoms with Crippen LogP contribution in [-0.2, 0) is 0 Å². The van der Waals surface area contributed by atoms with Crippen molar-refractivity contribution in [3.63, 3.8) is 0 Å². The normalized spacial score (nSPS) is 11.3. The first-order valence-electron chi connectivity index (χ1n) is 24.9. The van der Waals surface area contributed by atoms with Crippen LogP contribution in [0.15, 0.2) is 296 Å². The number of nitrogens with zero attached hydrogens (tertiary/aromatic N) is 2. The molecule has 13 aromatic rings. The molecule has 13 rings (SSSR count). The SMILES string of the molecule is c1ccc(-c2ccc(-c3ccc(N(c4ccccc4-c4ccccc4)c4ccc5oc6c7ccccc7ccc6c5c4N(c4ccc(-c5ccccc5)cc4)c4ccccc4-c4ccccc4)cc3)cc2)cc1. The van der Waals surface area contributed by atoms with Crippen LogP contribution in [0.2, 0.25) is 0 Å². The third-order valence-electron chi connectivity index (χ3n) is 14.1. The molecule has 0 aliphatic heterocycles. The molecule has 0 N–H and O–H groups in total. The van der Waals surface area contributed by atoms with Gasteiger partial charge < -0.3 is 14.2 Å². The van der Waals surface area contributed by atoms with Crippen molar-refractivity contribution in [3.8, 4) is 55.6 Å². The third kappa shape index (κ3) is 8.09. The monoisotopic (exact) mass is 932 g/mol. The molecule has 12 aromatic carbocycles. The molecule has 0 atom stereocenters. The van der Waals surface area contributed by atoms with E-state index in [0.717, 1.165) is 106 Å². The van der Waals surface area contributed by atoms with Gasteiger partial charge in [-0.3, -0.25) is 0 Å². The molecule has 0 saturated carbocycles. The van der Waals surface area contributed by atoms with E-state index in [1.165, 1.54) is 16.7 Å². The zero-order chi connectivity index (χ0) is 48.5. The van der Waals surface area contributed by atoms with Gasteiger partial charge >= 0.3 is 0 Å². The van der Waals surface area contributed by atoms with Crippen molar-refractivity contribution >= 4 is 66.8 Å². The summed E-state index contributed by atoms with van der Waals surface area (Å²) in [5, 5.41) is 4.27. The Hall–Kier alpha value is -9.70. The van der Waals surface area contributed by atoms with E-state index in [9.17, 15) is 0 Å². The molecule has 73 heavy (non-hydrogen) atoms. The maximum Gasteiger partial charge on any atom is 0.143 e. The Morgan fingerprint density at radius 3 is 1.16 bits per heavy atom. The molecule has 0 unspecified atom stereocenters. The van der Waals surface area contributed by atoms with Gasteiger partial charge in [0.1, 0.15) is 11.2 Å². The van der Waals surface area contributed by atoms with Gasteiger partial charge in [-0.2, -0.15) is 0 Å². The molecule has 1 heterocycles. The molecule has 0 spiro atoms. The van der Waals surface area contributed by atoms with Gasteiger partial charge in [-0.05, 0) is 104 Å². The summed E-state index contributed by atoms with van der Waals surface area (Å²) >= 11 is 0. The van der Waals surface area contributed by atoms with E-state index in [1.54, 1.807) is 0 Å². The molecule has 0 bridgehead atoms. The molecule has 0 amide bonds. The van der Waals surface area contributed by atoms with Gasteiger partial charge in [0.15, 0.2) is 0 Å². The van der Waals surface area contributed by atoms with Crippen molar-refractivity contribution in [1.29, 1.82) is 0 Å². The summed E-state index contributed by atoms with van der Waals surface area (Å²) in [5.74, 6) is 0. The van der Waals surface area contributed by atoms with E-state index in [2.05, 4.69) is 301 Å². The molecule has 0 aliphatic rings. The Balaban J connectivity index is 1.10. The highest BCUT2D eigenvalue weighted by Gasteiger charge is 2.30. The number of hydrogen-bond donors (Lipinski definition) is 0. The van der Waals surface area contributed by atoms with E-state index in [1.807, 2.05) is 0 Å². The smallest absolute Gasteiger partial charge is 0.143 e. The number of fused-ring (bicyclic) bond motifs is 5. The summed E-state index contributed by atoms with van der Waals surface area (Å²) in [6.45, 7) is 0. The van der Waals surface area contributed by atoms with Crippen LogP contribution in [0.3, 0.4) is 0 Å². The second-order valence-corrected chi connectivity index (χ2v) is 18.4.